The molecule has 1 atom stereocenters. The first-order chi connectivity index (χ1) is 14.6. The molecule has 1 amide bonds. The number of nitriles is 1. The third-order valence-electron chi connectivity index (χ3n) is 5.14. The number of nitrogens with zero attached hydrogens (tertiary/aromatic N) is 4. The molecule has 1 saturated heterocycles. The molecule has 0 radical (unpaired) electrons. The van der Waals surface area contributed by atoms with Gasteiger partial charge in [0.1, 0.15) is 5.82 Å². The molecule has 8 heteroatoms. The number of anilines is 1. The van der Waals surface area contributed by atoms with Crippen molar-refractivity contribution >= 4 is 22.6 Å². The third-order valence-corrected chi connectivity index (χ3v) is 5.14. The number of hydrogen-bond acceptors (Lipinski definition) is 7. The Morgan fingerprint density at radius 3 is 2.67 bits per heavy atom. The zero-order valence-corrected chi connectivity index (χ0v) is 16.5. The van der Waals surface area contributed by atoms with Gasteiger partial charge in [-0.15, -0.1) is 0 Å². The van der Waals surface area contributed by atoms with E-state index in [1.54, 1.807) is 30.3 Å². The maximum Gasteiger partial charge on any atom is 0.274 e. The summed E-state index contributed by atoms with van der Waals surface area (Å²) in [6, 6.07) is 12.3. The Morgan fingerprint density at radius 2 is 1.97 bits per heavy atom. The Labute approximate surface area is 173 Å². The number of carbonyl (C=O) groups excluding carboxylic acids is 1. The van der Waals surface area contributed by atoms with E-state index < -0.39 is 5.91 Å². The van der Waals surface area contributed by atoms with Crippen molar-refractivity contribution in [2.75, 3.05) is 31.2 Å². The largest absolute Gasteiger partial charge is 0.505 e. The van der Waals surface area contributed by atoms with E-state index in [4.69, 9.17) is 10.00 Å². The van der Waals surface area contributed by atoms with Crippen LogP contribution in [0.5, 0.6) is 5.75 Å². The fourth-order valence-electron chi connectivity index (χ4n) is 3.41. The maximum absolute atomic E-state index is 12.7. The molecule has 1 fully saturated rings. The van der Waals surface area contributed by atoms with Gasteiger partial charge in [-0.2, -0.15) is 5.26 Å². The van der Waals surface area contributed by atoms with Gasteiger partial charge in [0, 0.05) is 18.5 Å². The number of amides is 1. The van der Waals surface area contributed by atoms with Crippen molar-refractivity contribution in [3.63, 3.8) is 0 Å². The molecule has 3 aromatic rings. The highest BCUT2D eigenvalue weighted by Gasteiger charge is 2.20. The maximum atomic E-state index is 12.7. The molecule has 152 valence electrons. The fourth-order valence-corrected chi connectivity index (χ4v) is 3.41. The summed E-state index contributed by atoms with van der Waals surface area (Å²) in [6.45, 7) is 4.64. The average molecular weight is 403 g/mol. The van der Waals surface area contributed by atoms with Gasteiger partial charge in [-0.25, -0.2) is 9.97 Å². The molecule has 0 spiro atoms. The van der Waals surface area contributed by atoms with Crippen LogP contribution in [0.15, 0.2) is 42.6 Å². The van der Waals surface area contributed by atoms with E-state index in [0.717, 1.165) is 24.5 Å². The smallest absolute Gasteiger partial charge is 0.274 e. The molecule has 8 nitrogen and oxygen atoms in total. The van der Waals surface area contributed by atoms with E-state index in [2.05, 4.69) is 26.3 Å². The highest BCUT2D eigenvalue weighted by molar-refractivity contribution is 6.01. The van der Waals surface area contributed by atoms with Crippen molar-refractivity contribution < 1.29 is 14.6 Å². The number of hydrogen-bond donors (Lipinski definition) is 2. The van der Waals surface area contributed by atoms with E-state index in [1.807, 2.05) is 13.0 Å². The van der Waals surface area contributed by atoms with Gasteiger partial charge in [-0.1, -0.05) is 12.1 Å². The van der Waals surface area contributed by atoms with Crippen LogP contribution in [0.3, 0.4) is 0 Å². The lowest BCUT2D eigenvalue weighted by Gasteiger charge is -2.27. The van der Waals surface area contributed by atoms with Gasteiger partial charge in [0.2, 0.25) is 0 Å². The van der Waals surface area contributed by atoms with Gasteiger partial charge in [-0.3, -0.25) is 4.79 Å². The number of benzene rings is 1. The van der Waals surface area contributed by atoms with Crippen LogP contribution in [0.25, 0.3) is 10.9 Å². The number of morpholine rings is 1. The summed E-state index contributed by atoms with van der Waals surface area (Å²) >= 11 is 0. The second-order valence-corrected chi connectivity index (χ2v) is 7.09. The van der Waals surface area contributed by atoms with E-state index in [-0.39, 0.29) is 17.5 Å². The topological polar surface area (TPSA) is 111 Å². The molecule has 1 aliphatic rings. The molecule has 2 N–H and O–H groups in total. The molecule has 1 aromatic carbocycles. The molecule has 2 aromatic heterocycles. The van der Waals surface area contributed by atoms with Crippen LogP contribution < -0.4 is 10.2 Å². The van der Waals surface area contributed by atoms with Crippen LogP contribution in [0.2, 0.25) is 0 Å². The number of ether oxygens (including phenoxy) is 1. The molecule has 4 rings (SSSR count). The summed E-state index contributed by atoms with van der Waals surface area (Å²) in [7, 11) is 0. The normalized spacial score (nSPS) is 14.9. The molecule has 0 aliphatic carbocycles. The van der Waals surface area contributed by atoms with Crippen molar-refractivity contribution in [2.24, 2.45) is 0 Å². The lowest BCUT2D eigenvalue weighted by atomic mass is 10.1. The second-order valence-electron chi connectivity index (χ2n) is 7.09. The van der Waals surface area contributed by atoms with Crippen molar-refractivity contribution in [3.05, 3.63) is 59.4 Å². The minimum absolute atomic E-state index is 0.0519. The molecule has 0 saturated carbocycles. The second kappa shape index (κ2) is 8.35. The minimum Gasteiger partial charge on any atom is -0.505 e. The quantitative estimate of drug-likeness (QED) is 0.688. The SMILES string of the molecule is C[C@@H](NC(=O)c1ncc2nc(N3CCOCC3)ccc2c1O)c1ccc(C#N)cc1. The predicted octanol–water partition coefficient (Wildman–Crippen LogP) is 2.53. The Kier molecular flexibility index (Phi) is 5.46. The molecule has 3 heterocycles. The monoisotopic (exact) mass is 403 g/mol. The zero-order chi connectivity index (χ0) is 21.1. The summed E-state index contributed by atoms with van der Waals surface area (Å²) in [4.78, 5) is 23.5. The fraction of sp³-hybridized carbons (Fsp3) is 0.273. The summed E-state index contributed by atoms with van der Waals surface area (Å²) in [5, 5.41) is 22.8. The lowest BCUT2D eigenvalue weighted by Crippen LogP contribution is -2.36. The first-order valence-electron chi connectivity index (χ1n) is 9.69. The minimum atomic E-state index is -0.483. The summed E-state index contributed by atoms with van der Waals surface area (Å²) < 4.78 is 5.36. The molecule has 30 heavy (non-hydrogen) atoms. The van der Waals surface area contributed by atoms with Crippen molar-refractivity contribution in [2.45, 2.75) is 13.0 Å². The van der Waals surface area contributed by atoms with Crippen LogP contribution in [-0.4, -0.2) is 47.3 Å². The van der Waals surface area contributed by atoms with Crippen LogP contribution in [0, 0.1) is 11.3 Å². The van der Waals surface area contributed by atoms with Gasteiger partial charge < -0.3 is 20.1 Å². The van der Waals surface area contributed by atoms with E-state index in [9.17, 15) is 9.90 Å². The van der Waals surface area contributed by atoms with Gasteiger partial charge in [0.05, 0.1) is 42.6 Å². The van der Waals surface area contributed by atoms with E-state index >= 15 is 0 Å². The number of nitrogens with one attached hydrogen (secondary N) is 1. The van der Waals surface area contributed by atoms with E-state index in [0.29, 0.717) is 29.7 Å². The Bertz CT molecular complexity index is 1120. The molecular formula is C22H21N5O3. The number of aromatic hydroxyl groups is 1. The third kappa shape index (κ3) is 3.88. The van der Waals surface area contributed by atoms with Crippen molar-refractivity contribution in [3.8, 4) is 11.8 Å². The summed E-state index contributed by atoms with van der Waals surface area (Å²) in [6.07, 6.45) is 1.50. The van der Waals surface area contributed by atoms with Gasteiger partial charge in [0.15, 0.2) is 11.4 Å². The lowest BCUT2D eigenvalue weighted by molar-refractivity contribution is 0.0932. The highest BCUT2D eigenvalue weighted by atomic mass is 16.5. The molecule has 1 aliphatic heterocycles. The molecular weight excluding hydrogens is 382 g/mol. The van der Waals surface area contributed by atoms with Crippen LogP contribution >= 0.6 is 0 Å². The highest BCUT2D eigenvalue weighted by Crippen LogP contribution is 2.28. The Morgan fingerprint density at radius 1 is 1.23 bits per heavy atom. The molecule has 0 unspecified atom stereocenters. The number of aromatic nitrogens is 2. The summed E-state index contributed by atoms with van der Waals surface area (Å²) in [5.74, 6) is 0.111. The number of rotatable bonds is 4. The number of fused-ring (bicyclic) bond motifs is 1. The Balaban J connectivity index is 1.55. The van der Waals surface area contributed by atoms with Crippen molar-refractivity contribution in [1.29, 1.82) is 5.26 Å². The van der Waals surface area contributed by atoms with Crippen LogP contribution in [0.4, 0.5) is 5.82 Å². The first kappa shape index (κ1) is 19.6. The van der Waals surface area contributed by atoms with Crippen molar-refractivity contribution in [1.82, 2.24) is 15.3 Å². The number of pyridine rings is 2. The van der Waals surface area contributed by atoms with Gasteiger partial charge in [0.25, 0.3) is 5.91 Å². The summed E-state index contributed by atoms with van der Waals surface area (Å²) in [5.41, 5.74) is 1.87. The Hall–Kier alpha value is -3.70. The molecule has 0 bridgehead atoms. The van der Waals surface area contributed by atoms with Crippen LogP contribution in [-0.2, 0) is 4.74 Å². The van der Waals surface area contributed by atoms with Gasteiger partial charge >= 0.3 is 0 Å². The zero-order valence-electron chi connectivity index (χ0n) is 16.5. The van der Waals surface area contributed by atoms with Gasteiger partial charge in [-0.05, 0) is 36.8 Å². The predicted molar refractivity (Wildman–Crippen MR) is 111 cm³/mol. The standard InChI is InChI=1S/C22H21N5O3/c1-14(16-4-2-15(12-23)3-5-16)25-22(29)20-21(28)17-6-7-19(26-18(17)13-24-20)27-8-10-30-11-9-27/h2-7,13-14,28H,8-11H2,1H3,(H,25,29)/t14-/m1/s1. The average Bonchev–Trinajstić information content (AvgIpc) is 2.79. The first-order valence-corrected chi connectivity index (χ1v) is 9.69. The van der Waals surface area contributed by atoms with E-state index in [1.165, 1.54) is 6.20 Å². The number of carbonyl (C=O) groups is 1. The van der Waals surface area contributed by atoms with Crippen LogP contribution in [0.1, 0.15) is 34.6 Å².